The van der Waals surface area contributed by atoms with E-state index in [4.69, 9.17) is 4.42 Å². The first-order valence-corrected chi connectivity index (χ1v) is 7.39. The second-order valence-corrected chi connectivity index (χ2v) is 6.14. The Labute approximate surface area is 116 Å². The maximum atomic E-state index is 9.96. The number of aliphatic hydroxyl groups excluding tert-OH is 1. The van der Waals surface area contributed by atoms with E-state index in [0.29, 0.717) is 6.54 Å². The van der Waals surface area contributed by atoms with E-state index in [9.17, 15) is 5.11 Å². The summed E-state index contributed by atoms with van der Waals surface area (Å²) >= 11 is 1.69. The highest BCUT2D eigenvalue weighted by Crippen LogP contribution is 2.36. The van der Waals surface area contributed by atoms with Crippen molar-refractivity contribution in [2.75, 3.05) is 11.9 Å². The van der Waals surface area contributed by atoms with Gasteiger partial charge in [0.05, 0.1) is 18.3 Å². The Morgan fingerprint density at radius 2 is 2.37 bits per heavy atom. The van der Waals surface area contributed by atoms with Gasteiger partial charge in [0.2, 0.25) is 0 Å². The number of hydrogen-bond acceptors (Lipinski definition) is 5. The van der Waals surface area contributed by atoms with Crippen LogP contribution in [0.4, 0.5) is 5.13 Å². The van der Waals surface area contributed by atoms with Crippen molar-refractivity contribution in [2.45, 2.75) is 38.8 Å². The van der Waals surface area contributed by atoms with Crippen molar-refractivity contribution >= 4 is 16.5 Å². The van der Waals surface area contributed by atoms with E-state index in [1.54, 1.807) is 11.3 Å². The molecule has 2 heterocycles. The van der Waals surface area contributed by atoms with Crippen LogP contribution in [-0.2, 0) is 13.0 Å². The van der Waals surface area contributed by atoms with Crippen LogP contribution in [-0.4, -0.2) is 17.1 Å². The molecule has 2 aromatic rings. The fraction of sp³-hybridized carbons (Fsp3) is 0.500. The quantitative estimate of drug-likeness (QED) is 0.937. The maximum absolute atomic E-state index is 9.96. The molecule has 102 valence electrons. The molecule has 0 aromatic carbocycles. The van der Waals surface area contributed by atoms with E-state index in [-0.39, 0.29) is 6.10 Å². The van der Waals surface area contributed by atoms with Crippen LogP contribution >= 0.6 is 11.3 Å². The predicted molar refractivity (Wildman–Crippen MR) is 75.6 cm³/mol. The first-order valence-electron chi connectivity index (χ1n) is 6.57. The molecule has 2 aromatic heterocycles. The third-order valence-electron chi connectivity index (χ3n) is 3.43. The normalized spacial score (nSPS) is 18.4. The fourth-order valence-electron chi connectivity index (χ4n) is 2.42. The number of aryl methyl sites for hydroxylation is 2. The lowest BCUT2D eigenvalue weighted by atomic mass is 10.0. The molecule has 1 unspecified atom stereocenters. The van der Waals surface area contributed by atoms with Crippen LogP contribution < -0.4 is 4.90 Å². The van der Waals surface area contributed by atoms with Gasteiger partial charge in [0.25, 0.3) is 0 Å². The van der Waals surface area contributed by atoms with Crippen LogP contribution in [0.15, 0.2) is 16.5 Å². The number of hydrogen-bond donors (Lipinski definition) is 1. The number of furan rings is 1. The Morgan fingerprint density at radius 3 is 3.05 bits per heavy atom. The summed E-state index contributed by atoms with van der Waals surface area (Å²) in [6.07, 6.45) is 2.54. The van der Waals surface area contributed by atoms with Gasteiger partial charge in [0, 0.05) is 11.9 Å². The van der Waals surface area contributed by atoms with E-state index in [1.165, 1.54) is 4.88 Å². The molecule has 0 aliphatic heterocycles. The van der Waals surface area contributed by atoms with Crippen molar-refractivity contribution in [3.63, 3.8) is 0 Å². The van der Waals surface area contributed by atoms with Gasteiger partial charge in [-0.3, -0.25) is 0 Å². The molecule has 1 N–H and O–H groups in total. The zero-order chi connectivity index (χ0) is 13.4. The van der Waals surface area contributed by atoms with Gasteiger partial charge in [-0.05, 0) is 38.3 Å². The number of aliphatic hydroxyl groups is 1. The zero-order valence-corrected chi connectivity index (χ0v) is 12.0. The van der Waals surface area contributed by atoms with Crippen LogP contribution in [0.3, 0.4) is 0 Å². The summed E-state index contributed by atoms with van der Waals surface area (Å²) in [4.78, 5) is 7.90. The average Bonchev–Trinajstić information content (AvgIpc) is 2.96. The molecule has 0 saturated carbocycles. The van der Waals surface area contributed by atoms with E-state index in [1.807, 2.05) is 26.1 Å². The monoisotopic (exact) mass is 278 g/mol. The minimum atomic E-state index is -0.381. The topological polar surface area (TPSA) is 49.5 Å². The highest BCUT2D eigenvalue weighted by atomic mass is 32.1. The molecule has 1 atom stereocenters. The van der Waals surface area contributed by atoms with Gasteiger partial charge >= 0.3 is 0 Å². The number of nitrogens with zero attached hydrogens (tertiary/aromatic N) is 2. The van der Waals surface area contributed by atoms with Gasteiger partial charge in [-0.15, -0.1) is 11.3 Å². The van der Waals surface area contributed by atoms with E-state index >= 15 is 0 Å². The highest BCUT2D eigenvalue weighted by Gasteiger charge is 2.24. The Bertz CT molecular complexity index is 576. The summed E-state index contributed by atoms with van der Waals surface area (Å²) in [5, 5.41) is 10.9. The van der Waals surface area contributed by atoms with Gasteiger partial charge < -0.3 is 14.4 Å². The van der Waals surface area contributed by atoms with Crippen LogP contribution in [0.25, 0.3) is 0 Å². The standard InChI is InChI=1S/C14H18N2O2S/c1-9-6-7-10(18-9)8-16(2)14-15-13-11(17)4-3-5-12(13)19-14/h6-7,11,17H,3-5,8H2,1-2H3. The van der Waals surface area contributed by atoms with Crippen molar-refractivity contribution in [2.24, 2.45) is 0 Å². The van der Waals surface area contributed by atoms with Crippen LogP contribution in [0.5, 0.6) is 0 Å². The summed E-state index contributed by atoms with van der Waals surface area (Å²) in [6.45, 7) is 2.65. The molecule has 0 saturated heterocycles. The summed E-state index contributed by atoms with van der Waals surface area (Å²) in [6, 6.07) is 3.97. The molecule has 5 heteroatoms. The van der Waals surface area contributed by atoms with Crippen LogP contribution in [0, 0.1) is 6.92 Å². The van der Waals surface area contributed by atoms with Crippen LogP contribution in [0.2, 0.25) is 0 Å². The Kier molecular flexibility index (Phi) is 3.33. The van der Waals surface area contributed by atoms with Gasteiger partial charge in [0.1, 0.15) is 11.5 Å². The molecule has 0 bridgehead atoms. The minimum absolute atomic E-state index is 0.381. The molecule has 3 rings (SSSR count). The Hall–Kier alpha value is -1.33. The molecule has 4 nitrogen and oxygen atoms in total. The first-order chi connectivity index (χ1) is 9.13. The second kappa shape index (κ2) is 4.98. The fourth-order valence-corrected chi connectivity index (χ4v) is 3.53. The first kappa shape index (κ1) is 12.7. The average molecular weight is 278 g/mol. The third-order valence-corrected chi connectivity index (χ3v) is 4.67. The number of rotatable bonds is 3. The van der Waals surface area contributed by atoms with E-state index < -0.39 is 0 Å². The Morgan fingerprint density at radius 1 is 1.53 bits per heavy atom. The van der Waals surface area contributed by atoms with Gasteiger partial charge in [-0.1, -0.05) is 0 Å². The predicted octanol–water partition coefficient (Wildman–Crippen LogP) is 3.05. The molecule has 1 aliphatic rings. The van der Waals surface area contributed by atoms with Crippen molar-refractivity contribution in [3.8, 4) is 0 Å². The van der Waals surface area contributed by atoms with Gasteiger partial charge in [-0.25, -0.2) is 4.98 Å². The largest absolute Gasteiger partial charge is 0.464 e. The van der Waals surface area contributed by atoms with Crippen LogP contribution in [0.1, 0.15) is 41.0 Å². The maximum Gasteiger partial charge on any atom is 0.186 e. The smallest absolute Gasteiger partial charge is 0.186 e. The summed E-state index contributed by atoms with van der Waals surface area (Å²) < 4.78 is 5.58. The van der Waals surface area contributed by atoms with Crippen molar-refractivity contribution in [1.29, 1.82) is 0 Å². The molecular formula is C14H18N2O2S. The molecule has 0 spiro atoms. The molecule has 0 fully saturated rings. The molecule has 1 aliphatic carbocycles. The summed E-state index contributed by atoms with van der Waals surface area (Å²) in [5.74, 6) is 1.87. The SMILES string of the molecule is Cc1ccc(CN(C)c2nc3c(s2)CCCC3O)o1. The summed E-state index contributed by atoms with van der Waals surface area (Å²) in [5.41, 5.74) is 0.883. The Balaban J connectivity index is 1.78. The number of fused-ring (bicyclic) bond motifs is 1. The molecule has 19 heavy (non-hydrogen) atoms. The van der Waals surface area contributed by atoms with E-state index in [0.717, 1.165) is 41.6 Å². The van der Waals surface area contributed by atoms with Gasteiger partial charge in [-0.2, -0.15) is 0 Å². The zero-order valence-electron chi connectivity index (χ0n) is 11.2. The van der Waals surface area contributed by atoms with E-state index in [2.05, 4.69) is 9.88 Å². The molecule has 0 amide bonds. The van der Waals surface area contributed by atoms with Crippen molar-refractivity contribution < 1.29 is 9.52 Å². The lowest BCUT2D eigenvalue weighted by Crippen LogP contribution is -2.16. The number of thiazole rings is 1. The second-order valence-electron chi connectivity index (χ2n) is 5.08. The molecule has 0 radical (unpaired) electrons. The third kappa shape index (κ3) is 2.53. The number of anilines is 1. The van der Waals surface area contributed by atoms with Gasteiger partial charge in [0.15, 0.2) is 5.13 Å². The highest BCUT2D eigenvalue weighted by molar-refractivity contribution is 7.15. The number of aromatic nitrogens is 1. The van der Waals surface area contributed by atoms with Crippen molar-refractivity contribution in [3.05, 3.63) is 34.2 Å². The lowest BCUT2D eigenvalue weighted by Gasteiger charge is -2.15. The summed E-state index contributed by atoms with van der Waals surface area (Å²) in [7, 11) is 2.01. The van der Waals surface area contributed by atoms with Crippen molar-refractivity contribution in [1.82, 2.24) is 4.98 Å². The minimum Gasteiger partial charge on any atom is -0.464 e. The molecular weight excluding hydrogens is 260 g/mol. The lowest BCUT2D eigenvalue weighted by molar-refractivity contribution is 0.153.